The molecule has 2 rings (SSSR count). The summed E-state index contributed by atoms with van der Waals surface area (Å²) < 4.78 is 4.18. The van der Waals surface area contributed by atoms with Crippen LogP contribution in [0.1, 0.15) is 33.0 Å². The molecule has 0 saturated carbocycles. The van der Waals surface area contributed by atoms with Gasteiger partial charge in [0.05, 0.1) is 5.92 Å². The first-order chi connectivity index (χ1) is 8.35. The van der Waals surface area contributed by atoms with Crippen molar-refractivity contribution in [2.75, 3.05) is 18.0 Å². The summed E-state index contributed by atoms with van der Waals surface area (Å²) in [5, 5.41) is 3.97. The maximum absolute atomic E-state index is 12.1. The van der Waals surface area contributed by atoms with Gasteiger partial charge in [-0.3, -0.25) is 4.79 Å². The topological polar surface area (TPSA) is 58.1 Å². The molecule has 1 fully saturated rings. The van der Waals surface area contributed by atoms with E-state index in [1.54, 1.807) is 0 Å². The van der Waals surface area contributed by atoms with Gasteiger partial charge in [0.15, 0.2) is 0 Å². The van der Waals surface area contributed by atoms with E-state index < -0.39 is 0 Å². The lowest BCUT2D eigenvalue weighted by molar-refractivity contribution is -0.125. The van der Waals surface area contributed by atoms with Crippen LogP contribution in [0.2, 0.25) is 0 Å². The van der Waals surface area contributed by atoms with Gasteiger partial charge < -0.3 is 10.2 Å². The quantitative estimate of drug-likeness (QED) is 0.885. The fourth-order valence-corrected chi connectivity index (χ4v) is 2.74. The number of carbonyl (C=O) groups is 1. The van der Waals surface area contributed by atoms with Crippen molar-refractivity contribution in [1.82, 2.24) is 14.7 Å². The SMILES string of the molecule is Cc1nsc(N2CCC(C(=O)NC(C)(C)C)C2)n1. The lowest BCUT2D eigenvalue weighted by Crippen LogP contribution is -2.44. The maximum atomic E-state index is 12.1. The molecule has 0 aliphatic carbocycles. The molecule has 0 radical (unpaired) electrons. The Hall–Kier alpha value is -1.17. The van der Waals surface area contributed by atoms with E-state index in [-0.39, 0.29) is 17.4 Å². The molecule has 5 nitrogen and oxygen atoms in total. The Morgan fingerprint density at radius 2 is 2.22 bits per heavy atom. The smallest absolute Gasteiger partial charge is 0.225 e. The van der Waals surface area contributed by atoms with Crippen LogP contribution in [-0.4, -0.2) is 33.9 Å². The molecule has 1 amide bonds. The van der Waals surface area contributed by atoms with Crippen molar-refractivity contribution in [3.63, 3.8) is 0 Å². The average molecular weight is 268 g/mol. The molecule has 0 spiro atoms. The Kier molecular flexibility index (Phi) is 3.56. The summed E-state index contributed by atoms with van der Waals surface area (Å²) in [6.45, 7) is 9.54. The lowest BCUT2D eigenvalue weighted by atomic mass is 10.0. The van der Waals surface area contributed by atoms with E-state index in [0.29, 0.717) is 0 Å². The molecule has 2 heterocycles. The van der Waals surface area contributed by atoms with Gasteiger partial charge in [0.2, 0.25) is 11.0 Å². The Morgan fingerprint density at radius 1 is 1.50 bits per heavy atom. The number of nitrogens with zero attached hydrogens (tertiary/aromatic N) is 3. The monoisotopic (exact) mass is 268 g/mol. The predicted molar refractivity (Wildman–Crippen MR) is 72.9 cm³/mol. The van der Waals surface area contributed by atoms with E-state index in [1.807, 2.05) is 27.7 Å². The molecule has 1 unspecified atom stereocenters. The summed E-state index contributed by atoms with van der Waals surface area (Å²) >= 11 is 1.41. The van der Waals surface area contributed by atoms with Crippen molar-refractivity contribution >= 4 is 22.6 Å². The fraction of sp³-hybridized carbons (Fsp3) is 0.750. The van der Waals surface area contributed by atoms with Gasteiger partial charge in [0.1, 0.15) is 5.82 Å². The molecule has 1 aromatic rings. The number of hydrogen-bond acceptors (Lipinski definition) is 5. The highest BCUT2D eigenvalue weighted by atomic mass is 32.1. The van der Waals surface area contributed by atoms with Crippen LogP contribution in [0, 0.1) is 12.8 Å². The molecule has 1 aliphatic heterocycles. The number of aromatic nitrogens is 2. The van der Waals surface area contributed by atoms with Crippen LogP contribution in [0.5, 0.6) is 0 Å². The van der Waals surface area contributed by atoms with Crippen LogP contribution in [0.4, 0.5) is 5.13 Å². The van der Waals surface area contributed by atoms with E-state index in [9.17, 15) is 4.79 Å². The van der Waals surface area contributed by atoms with Gasteiger partial charge >= 0.3 is 0 Å². The second kappa shape index (κ2) is 4.84. The van der Waals surface area contributed by atoms with Crippen molar-refractivity contribution in [2.45, 2.75) is 39.7 Å². The normalized spacial score (nSPS) is 20.2. The van der Waals surface area contributed by atoms with E-state index in [2.05, 4.69) is 19.6 Å². The lowest BCUT2D eigenvalue weighted by Gasteiger charge is -2.23. The van der Waals surface area contributed by atoms with Crippen molar-refractivity contribution in [2.24, 2.45) is 5.92 Å². The number of nitrogens with one attached hydrogen (secondary N) is 1. The van der Waals surface area contributed by atoms with E-state index >= 15 is 0 Å². The summed E-state index contributed by atoms with van der Waals surface area (Å²) in [7, 11) is 0. The standard InChI is InChI=1S/C12H20N4OS/c1-8-13-11(18-15-8)16-6-5-9(7-16)10(17)14-12(2,3)4/h9H,5-7H2,1-4H3,(H,14,17). The first-order valence-electron chi connectivity index (χ1n) is 6.22. The van der Waals surface area contributed by atoms with Crippen LogP contribution in [0.25, 0.3) is 0 Å². The van der Waals surface area contributed by atoms with Crippen molar-refractivity contribution in [3.05, 3.63) is 5.82 Å². The second-order valence-corrected chi connectivity index (χ2v) is 6.53. The third-order valence-corrected chi connectivity index (χ3v) is 3.71. The molecule has 1 N–H and O–H groups in total. The molecule has 100 valence electrons. The summed E-state index contributed by atoms with van der Waals surface area (Å²) in [6, 6.07) is 0. The number of amides is 1. The van der Waals surface area contributed by atoms with Crippen LogP contribution in [-0.2, 0) is 4.79 Å². The molecule has 0 aromatic carbocycles. The van der Waals surface area contributed by atoms with Crippen LogP contribution < -0.4 is 10.2 Å². The van der Waals surface area contributed by atoms with E-state index in [1.165, 1.54) is 11.5 Å². The average Bonchev–Trinajstić information content (AvgIpc) is 2.82. The number of carbonyl (C=O) groups excluding carboxylic acids is 1. The van der Waals surface area contributed by atoms with Gasteiger partial charge in [0.25, 0.3) is 0 Å². The number of hydrogen-bond donors (Lipinski definition) is 1. The van der Waals surface area contributed by atoms with Gasteiger partial charge in [-0.05, 0) is 34.1 Å². The zero-order valence-electron chi connectivity index (χ0n) is 11.4. The van der Waals surface area contributed by atoms with Gasteiger partial charge in [-0.25, -0.2) is 4.98 Å². The fourth-order valence-electron chi connectivity index (χ4n) is 2.03. The minimum atomic E-state index is -0.163. The van der Waals surface area contributed by atoms with Gasteiger partial charge in [-0.2, -0.15) is 4.37 Å². The molecular weight excluding hydrogens is 248 g/mol. The van der Waals surface area contributed by atoms with Crippen molar-refractivity contribution < 1.29 is 4.79 Å². The largest absolute Gasteiger partial charge is 0.351 e. The summed E-state index contributed by atoms with van der Waals surface area (Å²) in [6.07, 6.45) is 0.889. The molecular formula is C12H20N4OS. The Morgan fingerprint density at radius 3 is 2.78 bits per heavy atom. The second-order valence-electron chi connectivity index (χ2n) is 5.80. The van der Waals surface area contributed by atoms with E-state index in [4.69, 9.17) is 0 Å². The summed E-state index contributed by atoms with van der Waals surface area (Å²) in [5.74, 6) is 1.01. The highest BCUT2D eigenvalue weighted by Gasteiger charge is 2.31. The van der Waals surface area contributed by atoms with Crippen LogP contribution in [0.15, 0.2) is 0 Å². The Balaban J connectivity index is 1.94. The molecule has 1 atom stereocenters. The molecule has 18 heavy (non-hydrogen) atoms. The maximum Gasteiger partial charge on any atom is 0.225 e. The molecule has 6 heteroatoms. The Bertz CT molecular complexity index is 438. The molecule has 1 aliphatic rings. The first kappa shape index (κ1) is 13.3. The summed E-state index contributed by atoms with van der Waals surface area (Å²) in [4.78, 5) is 18.6. The number of rotatable bonds is 2. The number of aryl methyl sites for hydroxylation is 1. The van der Waals surface area contributed by atoms with Crippen molar-refractivity contribution in [3.8, 4) is 0 Å². The van der Waals surface area contributed by atoms with Gasteiger partial charge in [0, 0.05) is 30.2 Å². The third kappa shape index (κ3) is 3.19. The minimum absolute atomic E-state index is 0.0634. The highest BCUT2D eigenvalue weighted by Crippen LogP contribution is 2.25. The predicted octanol–water partition coefficient (Wildman–Crippen LogP) is 1.59. The molecule has 1 saturated heterocycles. The third-order valence-electron chi connectivity index (χ3n) is 2.84. The highest BCUT2D eigenvalue weighted by molar-refractivity contribution is 7.09. The van der Waals surface area contributed by atoms with Crippen LogP contribution >= 0.6 is 11.5 Å². The minimum Gasteiger partial charge on any atom is -0.351 e. The molecule has 0 bridgehead atoms. The van der Waals surface area contributed by atoms with Gasteiger partial charge in [-0.1, -0.05) is 0 Å². The first-order valence-corrected chi connectivity index (χ1v) is 7.00. The zero-order chi connectivity index (χ0) is 13.3. The van der Waals surface area contributed by atoms with Crippen molar-refractivity contribution in [1.29, 1.82) is 0 Å². The molecule has 1 aromatic heterocycles. The Labute approximate surface area is 112 Å². The number of anilines is 1. The van der Waals surface area contributed by atoms with E-state index in [0.717, 1.165) is 30.5 Å². The van der Waals surface area contributed by atoms with Gasteiger partial charge in [-0.15, -0.1) is 0 Å². The zero-order valence-corrected chi connectivity index (χ0v) is 12.2. The summed E-state index contributed by atoms with van der Waals surface area (Å²) in [5.41, 5.74) is -0.163. The van der Waals surface area contributed by atoms with Crippen LogP contribution in [0.3, 0.4) is 0 Å².